The average molecular weight is 395 g/mol. The van der Waals surface area contributed by atoms with E-state index in [0.717, 1.165) is 45.4 Å². The number of piperidine rings is 1. The van der Waals surface area contributed by atoms with Crippen molar-refractivity contribution >= 4 is 5.91 Å². The van der Waals surface area contributed by atoms with Crippen molar-refractivity contribution in [1.82, 2.24) is 20.0 Å². The van der Waals surface area contributed by atoms with Crippen LogP contribution in [-0.2, 0) is 6.42 Å². The summed E-state index contributed by atoms with van der Waals surface area (Å²) in [5, 5.41) is 6.77. The fraction of sp³-hybridized carbons (Fsp3) is 0.583. The fourth-order valence-electron chi connectivity index (χ4n) is 4.99. The van der Waals surface area contributed by atoms with Crippen LogP contribution in [0.1, 0.15) is 60.0 Å². The first-order valence-electron chi connectivity index (χ1n) is 11.3. The third-order valence-corrected chi connectivity index (χ3v) is 6.89. The highest BCUT2D eigenvalue weighted by Gasteiger charge is 2.31. The number of carbonyl (C=O) groups excluding carboxylic acids is 1. The topological polar surface area (TPSA) is 52.2 Å². The van der Waals surface area contributed by atoms with Crippen molar-refractivity contribution in [3.05, 3.63) is 53.3 Å². The number of rotatable bonds is 7. The van der Waals surface area contributed by atoms with E-state index in [1.54, 1.807) is 12.4 Å². The van der Waals surface area contributed by atoms with Gasteiger partial charge in [0.15, 0.2) is 0 Å². The van der Waals surface area contributed by atoms with Gasteiger partial charge in [0.05, 0.1) is 11.8 Å². The van der Waals surface area contributed by atoms with Gasteiger partial charge in [0, 0.05) is 25.3 Å². The van der Waals surface area contributed by atoms with Crippen molar-refractivity contribution in [2.45, 2.75) is 57.9 Å². The predicted octanol–water partition coefficient (Wildman–Crippen LogP) is 4.06. The summed E-state index contributed by atoms with van der Waals surface area (Å²) in [6.07, 6.45) is 11.7. The predicted molar refractivity (Wildman–Crippen MR) is 116 cm³/mol. The maximum atomic E-state index is 13.1. The van der Waals surface area contributed by atoms with Crippen LogP contribution in [0.15, 0.2) is 36.7 Å². The second-order valence-electron chi connectivity index (χ2n) is 8.84. The SMILES string of the molecule is Cc1ccccc1CCN1CCC(CN(C(=O)c2cn[nH]c2)C2CCCC2)CC1. The quantitative estimate of drug-likeness (QED) is 0.771. The zero-order valence-electron chi connectivity index (χ0n) is 17.6. The van der Waals surface area contributed by atoms with Crippen molar-refractivity contribution in [2.24, 2.45) is 5.92 Å². The smallest absolute Gasteiger partial charge is 0.257 e. The van der Waals surface area contributed by atoms with Crippen LogP contribution in [0, 0.1) is 12.8 Å². The summed E-state index contributed by atoms with van der Waals surface area (Å²) in [6.45, 7) is 6.54. The second kappa shape index (κ2) is 9.57. The molecule has 1 aromatic carbocycles. The first-order chi connectivity index (χ1) is 14.2. The summed E-state index contributed by atoms with van der Waals surface area (Å²) in [5.41, 5.74) is 3.56. The molecule has 0 spiro atoms. The Morgan fingerprint density at radius 3 is 2.62 bits per heavy atom. The zero-order chi connectivity index (χ0) is 20.1. The summed E-state index contributed by atoms with van der Waals surface area (Å²) < 4.78 is 0. The third-order valence-electron chi connectivity index (χ3n) is 6.89. The van der Waals surface area contributed by atoms with E-state index in [-0.39, 0.29) is 5.91 Å². The van der Waals surface area contributed by atoms with Gasteiger partial charge >= 0.3 is 0 Å². The van der Waals surface area contributed by atoms with Crippen LogP contribution in [0.2, 0.25) is 0 Å². The van der Waals surface area contributed by atoms with Gasteiger partial charge in [-0.3, -0.25) is 9.89 Å². The average Bonchev–Trinajstić information content (AvgIpc) is 3.46. The standard InChI is InChI=1S/C24H34N4O/c1-19-6-2-3-7-21(19)12-15-27-13-10-20(11-14-27)18-28(23-8-4-5-9-23)24(29)22-16-25-26-17-22/h2-3,6-7,16-17,20,23H,4-5,8-15,18H2,1H3,(H,25,26). The molecule has 5 heteroatoms. The van der Waals surface area contributed by atoms with E-state index in [1.807, 2.05) is 0 Å². The number of nitrogens with one attached hydrogen (secondary N) is 1. The van der Waals surface area contributed by atoms with E-state index in [1.165, 1.54) is 36.8 Å². The highest BCUT2D eigenvalue weighted by molar-refractivity contribution is 5.93. The lowest BCUT2D eigenvalue weighted by atomic mass is 9.94. The molecule has 1 aliphatic heterocycles. The number of H-pyrrole nitrogens is 1. The summed E-state index contributed by atoms with van der Waals surface area (Å²) in [5.74, 6) is 0.772. The Morgan fingerprint density at radius 2 is 1.93 bits per heavy atom. The van der Waals surface area contributed by atoms with E-state index < -0.39 is 0 Å². The number of likely N-dealkylation sites (tertiary alicyclic amines) is 1. The van der Waals surface area contributed by atoms with Gasteiger partial charge in [-0.2, -0.15) is 5.10 Å². The minimum Gasteiger partial charge on any atom is -0.335 e. The number of hydrogen-bond acceptors (Lipinski definition) is 3. The lowest BCUT2D eigenvalue weighted by Gasteiger charge is -2.37. The van der Waals surface area contributed by atoms with Gasteiger partial charge < -0.3 is 9.80 Å². The minimum absolute atomic E-state index is 0.160. The largest absolute Gasteiger partial charge is 0.335 e. The van der Waals surface area contributed by atoms with Crippen LogP contribution in [-0.4, -0.2) is 58.1 Å². The monoisotopic (exact) mass is 394 g/mol. The number of hydrogen-bond donors (Lipinski definition) is 1. The molecule has 1 saturated heterocycles. The second-order valence-corrected chi connectivity index (χ2v) is 8.84. The van der Waals surface area contributed by atoms with Crippen LogP contribution in [0.5, 0.6) is 0 Å². The highest BCUT2D eigenvalue weighted by atomic mass is 16.2. The Labute approximate surface area is 174 Å². The number of benzene rings is 1. The molecule has 2 heterocycles. The molecule has 1 amide bonds. The molecule has 29 heavy (non-hydrogen) atoms. The first-order valence-corrected chi connectivity index (χ1v) is 11.3. The molecule has 0 unspecified atom stereocenters. The van der Waals surface area contributed by atoms with E-state index in [0.29, 0.717) is 17.5 Å². The number of aryl methyl sites for hydroxylation is 1. The van der Waals surface area contributed by atoms with Gasteiger partial charge in [-0.1, -0.05) is 37.1 Å². The molecule has 5 nitrogen and oxygen atoms in total. The molecular formula is C24H34N4O. The van der Waals surface area contributed by atoms with Crippen molar-refractivity contribution < 1.29 is 4.79 Å². The Balaban J connectivity index is 1.30. The zero-order valence-corrected chi connectivity index (χ0v) is 17.6. The Kier molecular flexibility index (Phi) is 6.65. The van der Waals surface area contributed by atoms with Crippen molar-refractivity contribution in [3.8, 4) is 0 Å². The maximum absolute atomic E-state index is 13.1. The molecule has 1 aromatic heterocycles. The van der Waals surface area contributed by atoms with E-state index in [4.69, 9.17) is 0 Å². The lowest BCUT2D eigenvalue weighted by molar-refractivity contribution is 0.0599. The Morgan fingerprint density at radius 1 is 1.17 bits per heavy atom. The van der Waals surface area contributed by atoms with Gasteiger partial charge in [-0.15, -0.1) is 0 Å². The Hall–Kier alpha value is -2.14. The molecule has 1 saturated carbocycles. The summed E-state index contributed by atoms with van der Waals surface area (Å²) in [6, 6.07) is 9.13. The van der Waals surface area contributed by atoms with E-state index >= 15 is 0 Å². The normalized spacial score (nSPS) is 18.9. The highest BCUT2D eigenvalue weighted by Crippen LogP contribution is 2.28. The van der Waals surface area contributed by atoms with Crippen LogP contribution >= 0.6 is 0 Å². The van der Waals surface area contributed by atoms with E-state index in [9.17, 15) is 4.79 Å². The lowest BCUT2D eigenvalue weighted by Crippen LogP contribution is -2.45. The fourth-order valence-corrected chi connectivity index (χ4v) is 4.99. The molecule has 156 valence electrons. The molecule has 1 aliphatic carbocycles. The number of nitrogens with zero attached hydrogens (tertiary/aromatic N) is 3. The van der Waals surface area contributed by atoms with Crippen LogP contribution < -0.4 is 0 Å². The van der Waals surface area contributed by atoms with Crippen molar-refractivity contribution in [3.63, 3.8) is 0 Å². The van der Waals surface area contributed by atoms with Gasteiger partial charge in [0.2, 0.25) is 0 Å². The van der Waals surface area contributed by atoms with Crippen LogP contribution in [0.3, 0.4) is 0 Å². The Bertz CT molecular complexity index is 774. The number of aromatic nitrogens is 2. The summed E-state index contributed by atoms with van der Waals surface area (Å²) >= 11 is 0. The number of aromatic amines is 1. The van der Waals surface area contributed by atoms with Gasteiger partial charge in [-0.05, 0) is 69.2 Å². The molecule has 2 aliphatic rings. The van der Waals surface area contributed by atoms with Crippen LogP contribution in [0.25, 0.3) is 0 Å². The number of amides is 1. The minimum atomic E-state index is 0.160. The van der Waals surface area contributed by atoms with Crippen molar-refractivity contribution in [1.29, 1.82) is 0 Å². The molecule has 2 fully saturated rings. The maximum Gasteiger partial charge on any atom is 0.257 e. The molecule has 0 atom stereocenters. The molecule has 0 bridgehead atoms. The van der Waals surface area contributed by atoms with Gasteiger partial charge in [0.25, 0.3) is 5.91 Å². The molecule has 2 aromatic rings. The summed E-state index contributed by atoms with van der Waals surface area (Å²) in [7, 11) is 0. The van der Waals surface area contributed by atoms with Gasteiger partial charge in [0.1, 0.15) is 0 Å². The van der Waals surface area contributed by atoms with Gasteiger partial charge in [-0.25, -0.2) is 0 Å². The first kappa shape index (κ1) is 20.1. The van der Waals surface area contributed by atoms with Crippen molar-refractivity contribution in [2.75, 3.05) is 26.2 Å². The summed E-state index contributed by atoms with van der Waals surface area (Å²) in [4.78, 5) is 17.8. The molecular weight excluding hydrogens is 360 g/mol. The molecule has 4 rings (SSSR count). The van der Waals surface area contributed by atoms with E-state index in [2.05, 4.69) is 51.2 Å². The molecule has 0 radical (unpaired) electrons. The number of carbonyl (C=O) groups is 1. The molecule has 1 N–H and O–H groups in total. The van der Waals surface area contributed by atoms with Crippen LogP contribution in [0.4, 0.5) is 0 Å². The third kappa shape index (κ3) is 5.08.